The number of carbonyl (C=O) groups is 3. The van der Waals surface area contributed by atoms with Crippen LogP contribution in [-0.4, -0.2) is 45.5 Å². The first-order valence-electron chi connectivity index (χ1n) is 18.7. The number of oxime groups is 1. The van der Waals surface area contributed by atoms with Crippen LogP contribution in [0.15, 0.2) is 168 Å². The lowest BCUT2D eigenvalue weighted by atomic mass is 9.80. The fraction of sp³-hybridized carbons (Fsp3) is 0.152. The van der Waals surface area contributed by atoms with Crippen molar-refractivity contribution >= 4 is 58.0 Å². The molecule has 0 spiro atoms. The second-order valence-electron chi connectivity index (χ2n) is 13.8. The average Bonchev–Trinajstić information content (AvgIpc) is 3.61. The molecule has 1 aromatic heterocycles. The Morgan fingerprint density at radius 1 is 0.793 bits per heavy atom. The Morgan fingerprint density at radius 2 is 1.28 bits per heavy atom. The Hall–Kier alpha value is -6.07. The lowest BCUT2D eigenvalue weighted by molar-refractivity contribution is -0.158. The van der Waals surface area contributed by atoms with Gasteiger partial charge in [-0.2, -0.15) is 0 Å². The zero-order chi connectivity index (χ0) is 40.2. The average molecular weight is 828 g/mol. The van der Waals surface area contributed by atoms with Crippen molar-refractivity contribution in [1.29, 1.82) is 0 Å². The number of thiazole rings is 1. The number of aryl methyl sites for hydroxylation is 1. The minimum absolute atomic E-state index is 0.0426. The smallest absolute Gasteiger partial charge is 0.357 e. The monoisotopic (exact) mass is 826 g/mol. The minimum Gasteiger partial charge on any atom is -0.448 e. The van der Waals surface area contributed by atoms with Crippen molar-refractivity contribution in [3.63, 3.8) is 0 Å². The molecular formula is C46H36Cl2N4O5S. The molecular weight excluding hydrogens is 792 g/mol. The number of allylic oxidation sites excluding steroid dienone is 1. The molecule has 12 heteroatoms. The summed E-state index contributed by atoms with van der Waals surface area (Å²) < 4.78 is 6.34. The van der Waals surface area contributed by atoms with Crippen LogP contribution in [0.1, 0.15) is 57.5 Å². The Morgan fingerprint density at radius 3 is 1.74 bits per heavy atom. The van der Waals surface area contributed by atoms with Crippen LogP contribution in [0.4, 0.5) is 0 Å². The summed E-state index contributed by atoms with van der Waals surface area (Å²) in [6, 6.07) is 45.9. The van der Waals surface area contributed by atoms with Crippen LogP contribution >= 0.6 is 34.5 Å². The lowest BCUT2D eigenvalue weighted by Crippen LogP contribution is -2.72. The van der Waals surface area contributed by atoms with Gasteiger partial charge in [-0.1, -0.05) is 180 Å². The molecule has 2 amide bonds. The van der Waals surface area contributed by atoms with Crippen molar-refractivity contribution in [3.8, 4) is 0 Å². The maximum Gasteiger partial charge on any atom is 0.357 e. The normalized spacial score (nSPS) is 16.7. The topological polar surface area (TPSA) is 110 Å². The van der Waals surface area contributed by atoms with Crippen LogP contribution in [0.2, 0.25) is 4.34 Å². The summed E-state index contributed by atoms with van der Waals surface area (Å²) in [5.74, 6) is -2.00. The molecule has 0 bridgehead atoms. The summed E-state index contributed by atoms with van der Waals surface area (Å²) in [7, 11) is 0. The van der Waals surface area contributed by atoms with Crippen molar-refractivity contribution in [2.45, 2.75) is 43.6 Å². The van der Waals surface area contributed by atoms with Crippen molar-refractivity contribution < 1.29 is 24.0 Å². The quantitative estimate of drug-likeness (QED) is 0.0434. The van der Waals surface area contributed by atoms with Gasteiger partial charge in [-0.05, 0) is 30.9 Å². The lowest BCUT2D eigenvalue weighted by Gasteiger charge is -2.49. The number of benzene rings is 5. The van der Waals surface area contributed by atoms with Gasteiger partial charge >= 0.3 is 5.97 Å². The molecule has 8 rings (SSSR count). The number of hydrogen-bond acceptors (Lipinski definition) is 8. The van der Waals surface area contributed by atoms with Crippen LogP contribution in [0.5, 0.6) is 0 Å². The number of amides is 2. The van der Waals surface area contributed by atoms with Crippen molar-refractivity contribution in [3.05, 3.63) is 205 Å². The van der Waals surface area contributed by atoms with E-state index >= 15 is 0 Å². The van der Waals surface area contributed by atoms with Crippen LogP contribution in [0.3, 0.4) is 0 Å². The van der Waals surface area contributed by atoms with Gasteiger partial charge in [-0.3, -0.25) is 14.5 Å². The predicted octanol–water partition coefficient (Wildman–Crippen LogP) is 9.09. The van der Waals surface area contributed by atoms with E-state index in [1.165, 1.54) is 16.2 Å². The summed E-state index contributed by atoms with van der Waals surface area (Å²) in [6.07, 6.45) is -0.0616. The number of aromatic nitrogens is 1. The minimum atomic E-state index is -1.31. The van der Waals surface area contributed by atoms with E-state index in [1.54, 1.807) is 6.92 Å². The van der Waals surface area contributed by atoms with E-state index in [0.29, 0.717) is 17.8 Å². The van der Waals surface area contributed by atoms with E-state index in [0.717, 1.165) is 27.8 Å². The summed E-state index contributed by atoms with van der Waals surface area (Å²) >= 11 is 14.6. The van der Waals surface area contributed by atoms with Gasteiger partial charge in [0.05, 0.1) is 11.0 Å². The third-order valence-electron chi connectivity index (χ3n) is 10.2. The van der Waals surface area contributed by atoms with E-state index < -0.39 is 41.6 Å². The molecule has 58 heavy (non-hydrogen) atoms. The molecule has 1 N–H and O–H groups in total. The molecule has 2 aliphatic heterocycles. The van der Waals surface area contributed by atoms with Crippen molar-refractivity contribution in [2.24, 2.45) is 5.16 Å². The molecule has 2 aliphatic rings. The third-order valence-corrected chi connectivity index (χ3v) is 11.8. The maximum atomic E-state index is 14.5. The number of β-lactam (4-membered cyclic amide) rings is 1. The van der Waals surface area contributed by atoms with E-state index in [1.807, 2.05) is 152 Å². The molecule has 6 aromatic rings. The molecule has 5 aromatic carbocycles. The molecule has 2 atom stereocenters. The van der Waals surface area contributed by atoms with Gasteiger partial charge in [-0.15, -0.1) is 11.3 Å². The highest BCUT2D eigenvalue weighted by Gasteiger charge is 2.54. The Labute approximate surface area is 349 Å². The Bertz CT molecular complexity index is 2360. The molecule has 1 saturated heterocycles. The van der Waals surface area contributed by atoms with Gasteiger partial charge in [0.2, 0.25) is 5.60 Å². The molecule has 3 heterocycles. The van der Waals surface area contributed by atoms with Crippen LogP contribution in [0, 0.1) is 6.92 Å². The van der Waals surface area contributed by atoms with Gasteiger partial charge in [0.25, 0.3) is 11.8 Å². The molecule has 1 fully saturated rings. The summed E-state index contributed by atoms with van der Waals surface area (Å²) in [6.45, 7) is 1.77. The van der Waals surface area contributed by atoms with Gasteiger partial charge in [-0.25, -0.2) is 9.78 Å². The van der Waals surface area contributed by atoms with E-state index in [9.17, 15) is 14.4 Å². The second kappa shape index (κ2) is 16.8. The first-order valence-corrected chi connectivity index (χ1v) is 20.2. The van der Waals surface area contributed by atoms with E-state index in [-0.39, 0.29) is 26.5 Å². The third kappa shape index (κ3) is 7.42. The summed E-state index contributed by atoms with van der Waals surface area (Å²) in [4.78, 5) is 55.1. The fourth-order valence-corrected chi connectivity index (χ4v) is 8.87. The van der Waals surface area contributed by atoms with E-state index in [4.69, 9.17) is 32.8 Å². The largest absolute Gasteiger partial charge is 0.448 e. The first-order chi connectivity index (χ1) is 28.3. The summed E-state index contributed by atoms with van der Waals surface area (Å²) in [5.41, 5.74) is 2.32. The number of fused-ring (bicyclic) bond motifs is 1. The second-order valence-corrected chi connectivity index (χ2v) is 16.1. The number of hydrogen-bond donors (Lipinski definition) is 1. The van der Waals surface area contributed by atoms with Gasteiger partial charge in [0.1, 0.15) is 21.8 Å². The highest BCUT2D eigenvalue weighted by Crippen LogP contribution is 2.42. The zero-order valence-electron chi connectivity index (χ0n) is 31.1. The highest BCUT2D eigenvalue weighted by atomic mass is 35.5. The molecule has 1 unspecified atom stereocenters. The van der Waals surface area contributed by atoms with Crippen LogP contribution in [0.25, 0.3) is 0 Å². The van der Waals surface area contributed by atoms with Gasteiger partial charge < -0.3 is 14.9 Å². The number of esters is 1. The zero-order valence-corrected chi connectivity index (χ0v) is 33.5. The molecule has 0 radical (unpaired) electrons. The number of ether oxygens (including phenoxy) is 1. The van der Waals surface area contributed by atoms with Crippen molar-refractivity contribution in [2.75, 3.05) is 0 Å². The molecule has 0 saturated carbocycles. The number of rotatable bonds is 12. The van der Waals surface area contributed by atoms with Crippen LogP contribution < -0.4 is 5.32 Å². The van der Waals surface area contributed by atoms with E-state index in [2.05, 4.69) is 15.5 Å². The number of nitrogens with zero attached hydrogens (tertiary/aromatic N) is 3. The predicted molar refractivity (Wildman–Crippen MR) is 224 cm³/mol. The highest BCUT2D eigenvalue weighted by molar-refractivity contribution is 7.16. The first kappa shape index (κ1) is 38.8. The van der Waals surface area contributed by atoms with Crippen LogP contribution in [-0.2, 0) is 29.6 Å². The maximum absolute atomic E-state index is 14.5. The SMILES string of the molecule is Cc1nc(/C(=N/OC(c2ccccc2)(c2ccccc2)c2ccccc2)C(=O)N[C@@H]2C(=O)N3C(C(=O)OC(c4ccccc4)c4ccccc4)=C(Cl)CCC23)c(Cl)s1. The number of carbonyl (C=O) groups excluding carboxylic acids is 3. The fourth-order valence-electron chi connectivity index (χ4n) is 7.50. The molecule has 290 valence electrons. The van der Waals surface area contributed by atoms with Gasteiger partial charge in [0, 0.05) is 21.7 Å². The Balaban J connectivity index is 1.11. The molecule has 9 nitrogen and oxygen atoms in total. The van der Waals surface area contributed by atoms with Crippen molar-refractivity contribution in [1.82, 2.24) is 15.2 Å². The standard InChI is InChI=1S/C46H36Cl2N4O5S/c1-29-49-38(42(48)58-29)39(51-57-46(32-21-11-4-12-22-32,33-23-13-5-14-24-33)34-25-15-6-16-26-34)43(53)50-37-36-28-27-35(47)40(52(36)44(37)54)45(55)56-41(30-17-7-2-8-18-30)31-19-9-3-10-20-31/h2-26,36-37,41H,27-28H2,1H3,(H,50,53)/b51-39-/t36?,37-/m0/s1. The number of nitrogens with one attached hydrogen (secondary N) is 1. The number of halogens is 2. The van der Waals surface area contributed by atoms with Gasteiger partial charge in [0.15, 0.2) is 11.8 Å². The Kier molecular flexibility index (Phi) is 11.2. The molecule has 0 aliphatic carbocycles. The summed E-state index contributed by atoms with van der Waals surface area (Å²) in [5, 5.41) is 8.27.